The maximum atomic E-state index is 11.4. The lowest BCUT2D eigenvalue weighted by Gasteiger charge is -2.52. The second-order valence-corrected chi connectivity index (χ2v) is 8.72. The predicted octanol–water partition coefficient (Wildman–Crippen LogP) is 4.04. The molecular formula is C19H31NO. The van der Waals surface area contributed by atoms with Gasteiger partial charge >= 0.3 is 0 Å². The third-order valence-electron chi connectivity index (χ3n) is 4.96. The summed E-state index contributed by atoms with van der Waals surface area (Å²) in [5.41, 5.74) is 0.581. The van der Waals surface area contributed by atoms with E-state index in [9.17, 15) is 5.11 Å². The third-order valence-corrected chi connectivity index (χ3v) is 4.96. The number of aliphatic hydroxyl groups is 1. The molecule has 1 aromatic carbocycles. The average molecular weight is 289 g/mol. The summed E-state index contributed by atoms with van der Waals surface area (Å²) in [5.74, 6) is 0.482. The normalized spacial score (nSPS) is 28.6. The number of β-amino-alcohol motifs (C(OH)–C–C–N with tert-alkyl or cyclic N) is 1. The molecule has 2 rings (SSSR count). The minimum Gasteiger partial charge on any atom is -0.384 e. The highest BCUT2D eigenvalue weighted by atomic mass is 16.3. The molecule has 0 aromatic heterocycles. The summed E-state index contributed by atoms with van der Waals surface area (Å²) in [4.78, 5) is 2.44. The van der Waals surface area contributed by atoms with Gasteiger partial charge in [-0.3, -0.25) is 4.90 Å². The van der Waals surface area contributed by atoms with Crippen LogP contribution < -0.4 is 0 Å². The van der Waals surface area contributed by atoms with Crippen molar-refractivity contribution in [1.82, 2.24) is 4.90 Å². The van der Waals surface area contributed by atoms with Crippen molar-refractivity contribution in [2.75, 3.05) is 13.1 Å². The fourth-order valence-corrected chi connectivity index (χ4v) is 3.23. The molecule has 1 saturated heterocycles. The number of likely N-dealkylation sites (tertiary alicyclic amines) is 1. The molecule has 1 N–H and O–H groups in total. The van der Waals surface area contributed by atoms with Gasteiger partial charge in [-0.15, -0.1) is 0 Å². The van der Waals surface area contributed by atoms with Gasteiger partial charge in [0, 0.05) is 18.6 Å². The van der Waals surface area contributed by atoms with Gasteiger partial charge in [-0.1, -0.05) is 51.1 Å². The summed E-state index contributed by atoms with van der Waals surface area (Å²) in [6.07, 6.45) is 0.840. The molecule has 0 spiro atoms. The number of piperidine rings is 1. The van der Waals surface area contributed by atoms with Gasteiger partial charge in [0.25, 0.3) is 0 Å². The number of nitrogens with zero attached hydrogens (tertiary/aromatic N) is 1. The highest BCUT2D eigenvalue weighted by Gasteiger charge is 2.45. The van der Waals surface area contributed by atoms with E-state index in [1.807, 2.05) is 18.2 Å². The predicted molar refractivity (Wildman–Crippen MR) is 89.2 cm³/mol. The molecule has 2 heteroatoms. The zero-order chi connectivity index (χ0) is 15.9. The van der Waals surface area contributed by atoms with Gasteiger partial charge in [-0.2, -0.15) is 0 Å². The lowest BCUT2D eigenvalue weighted by molar-refractivity contribution is -0.103. The highest BCUT2D eigenvalue weighted by Crippen LogP contribution is 2.43. The molecule has 0 unspecified atom stereocenters. The average Bonchev–Trinajstić information content (AvgIpc) is 2.37. The van der Waals surface area contributed by atoms with Gasteiger partial charge in [-0.05, 0) is 44.1 Å². The van der Waals surface area contributed by atoms with Gasteiger partial charge in [0.2, 0.25) is 0 Å². The second-order valence-electron chi connectivity index (χ2n) is 8.72. The number of hydrogen-bond donors (Lipinski definition) is 1. The standard InChI is InChI=1S/C19H31NO/c1-17(2,3)16-12-19(21,15-10-8-7-9-11-15)14-20(13-16)18(4,5)6/h7-11,16,21H,12-14H2,1-6H3/t16-,19-/m1/s1. The molecule has 1 heterocycles. The smallest absolute Gasteiger partial charge is 0.103 e. The van der Waals surface area contributed by atoms with Crippen molar-refractivity contribution in [3.05, 3.63) is 35.9 Å². The van der Waals surface area contributed by atoms with E-state index in [0.717, 1.165) is 18.5 Å². The maximum absolute atomic E-state index is 11.4. The molecule has 1 aliphatic heterocycles. The van der Waals surface area contributed by atoms with Crippen molar-refractivity contribution < 1.29 is 5.11 Å². The Morgan fingerprint density at radius 3 is 2.10 bits per heavy atom. The number of rotatable bonds is 1. The van der Waals surface area contributed by atoms with Gasteiger partial charge in [-0.25, -0.2) is 0 Å². The van der Waals surface area contributed by atoms with Crippen LogP contribution in [0.5, 0.6) is 0 Å². The topological polar surface area (TPSA) is 23.5 Å². The van der Waals surface area contributed by atoms with Gasteiger partial charge < -0.3 is 5.11 Å². The van der Waals surface area contributed by atoms with Crippen LogP contribution in [0.4, 0.5) is 0 Å². The summed E-state index contributed by atoms with van der Waals surface area (Å²) in [5, 5.41) is 11.4. The molecule has 21 heavy (non-hydrogen) atoms. The molecule has 0 amide bonds. The molecule has 1 fully saturated rings. The quantitative estimate of drug-likeness (QED) is 0.843. The molecule has 0 aliphatic carbocycles. The first kappa shape index (κ1) is 16.5. The molecule has 0 bridgehead atoms. The Bertz CT molecular complexity index is 445. The number of benzene rings is 1. The van der Waals surface area contributed by atoms with E-state index in [0.29, 0.717) is 12.5 Å². The SMILES string of the molecule is CC(C)(C)[C@H]1CN(C(C)(C)C)C[C@@](O)(c2ccccc2)C1. The molecule has 1 aliphatic rings. The summed E-state index contributed by atoms with van der Waals surface area (Å²) in [6.45, 7) is 15.4. The largest absolute Gasteiger partial charge is 0.384 e. The van der Waals surface area contributed by atoms with Crippen LogP contribution >= 0.6 is 0 Å². The molecular weight excluding hydrogens is 258 g/mol. The summed E-state index contributed by atoms with van der Waals surface area (Å²) >= 11 is 0. The molecule has 118 valence electrons. The minimum absolute atomic E-state index is 0.0761. The third kappa shape index (κ3) is 3.67. The van der Waals surface area contributed by atoms with Crippen molar-refractivity contribution >= 4 is 0 Å². The Labute approximate surface area is 130 Å². The van der Waals surface area contributed by atoms with Crippen LogP contribution in [-0.2, 0) is 5.60 Å². The fraction of sp³-hybridized carbons (Fsp3) is 0.684. The van der Waals surface area contributed by atoms with Crippen molar-refractivity contribution in [3.8, 4) is 0 Å². The Hall–Kier alpha value is -0.860. The second kappa shape index (κ2) is 5.40. The van der Waals surface area contributed by atoms with E-state index < -0.39 is 5.60 Å². The lowest BCUT2D eigenvalue weighted by atomic mass is 9.69. The first-order valence-corrected chi connectivity index (χ1v) is 8.05. The fourth-order valence-electron chi connectivity index (χ4n) is 3.23. The first-order valence-electron chi connectivity index (χ1n) is 8.05. The van der Waals surface area contributed by atoms with E-state index in [-0.39, 0.29) is 11.0 Å². The molecule has 0 saturated carbocycles. The van der Waals surface area contributed by atoms with E-state index in [4.69, 9.17) is 0 Å². The van der Waals surface area contributed by atoms with Gasteiger partial charge in [0.15, 0.2) is 0 Å². The molecule has 2 atom stereocenters. The van der Waals surface area contributed by atoms with Crippen LogP contribution in [-0.4, -0.2) is 28.6 Å². The van der Waals surface area contributed by atoms with Crippen LogP contribution in [0.1, 0.15) is 53.5 Å². The van der Waals surface area contributed by atoms with Crippen molar-refractivity contribution in [2.24, 2.45) is 11.3 Å². The Kier molecular flexibility index (Phi) is 4.25. The lowest BCUT2D eigenvalue weighted by Crippen LogP contribution is -2.58. The first-order chi connectivity index (χ1) is 9.52. The van der Waals surface area contributed by atoms with Crippen LogP contribution in [0.2, 0.25) is 0 Å². The van der Waals surface area contributed by atoms with E-state index in [2.05, 4.69) is 58.6 Å². The van der Waals surface area contributed by atoms with Crippen LogP contribution in [0.3, 0.4) is 0 Å². The van der Waals surface area contributed by atoms with Gasteiger partial charge in [0.05, 0.1) is 0 Å². The van der Waals surface area contributed by atoms with Crippen LogP contribution in [0.15, 0.2) is 30.3 Å². The van der Waals surface area contributed by atoms with Crippen LogP contribution in [0, 0.1) is 11.3 Å². The maximum Gasteiger partial charge on any atom is 0.103 e. The summed E-state index contributed by atoms with van der Waals surface area (Å²) < 4.78 is 0. The Morgan fingerprint density at radius 1 is 1.05 bits per heavy atom. The zero-order valence-electron chi connectivity index (χ0n) is 14.5. The summed E-state index contributed by atoms with van der Waals surface area (Å²) in [7, 11) is 0. The highest BCUT2D eigenvalue weighted by molar-refractivity contribution is 5.24. The van der Waals surface area contributed by atoms with E-state index in [1.165, 1.54) is 0 Å². The van der Waals surface area contributed by atoms with Crippen molar-refractivity contribution in [3.63, 3.8) is 0 Å². The van der Waals surface area contributed by atoms with Crippen LogP contribution in [0.25, 0.3) is 0 Å². The molecule has 2 nitrogen and oxygen atoms in total. The van der Waals surface area contributed by atoms with Crippen molar-refractivity contribution in [2.45, 2.75) is 59.1 Å². The molecule has 0 radical (unpaired) electrons. The van der Waals surface area contributed by atoms with Gasteiger partial charge in [0.1, 0.15) is 5.60 Å². The van der Waals surface area contributed by atoms with Crippen molar-refractivity contribution in [1.29, 1.82) is 0 Å². The summed E-state index contributed by atoms with van der Waals surface area (Å²) in [6, 6.07) is 10.2. The zero-order valence-corrected chi connectivity index (χ0v) is 14.5. The van der Waals surface area contributed by atoms with E-state index in [1.54, 1.807) is 0 Å². The Morgan fingerprint density at radius 2 is 1.62 bits per heavy atom. The number of hydrogen-bond acceptors (Lipinski definition) is 2. The minimum atomic E-state index is -0.745. The van der Waals surface area contributed by atoms with E-state index >= 15 is 0 Å². The monoisotopic (exact) mass is 289 g/mol. The Balaban J connectivity index is 2.37. The molecule has 1 aromatic rings.